The second-order valence-corrected chi connectivity index (χ2v) is 7.68. The molecule has 0 aromatic heterocycles. The van der Waals surface area contributed by atoms with Gasteiger partial charge in [0.25, 0.3) is 5.91 Å². The van der Waals surface area contributed by atoms with Crippen molar-refractivity contribution < 1.29 is 13.2 Å². The van der Waals surface area contributed by atoms with E-state index in [4.69, 9.17) is 0 Å². The van der Waals surface area contributed by atoms with Gasteiger partial charge in [0.15, 0.2) is 0 Å². The van der Waals surface area contributed by atoms with E-state index in [-0.39, 0.29) is 16.8 Å². The molecule has 0 unspecified atom stereocenters. The quantitative estimate of drug-likeness (QED) is 0.874. The number of benzene rings is 2. The van der Waals surface area contributed by atoms with Gasteiger partial charge in [-0.25, -0.2) is 13.1 Å². The first-order valence-electron chi connectivity index (χ1n) is 7.66. The molecule has 0 saturated carbocycles. The molecule has 128 valence electrons. The van der Waals surface area contributed by atoms with Crippen LogP contribution in [-0.4, -0.2) is 21.4 Å². The third-order valence-corrected chi connectivity index (χ3v) is 5.34. The molecule has 2 aromatic rings. The Labute approximate surface area is 143 Å². The van der Waals surface area contributed by atoms with Crippen molar-refractivity contribution in [1.82, 2.24) is 10.0 Å². The van der Waals surface area contributed by atoms with E-state index in [1.165, 1.54) is 19.2 Å². The summed E-state index contributed by atoms with van der Waals surface area (Å²) < 4.78 is 26.0. The summed E-state index contributed by atoms with van der Waals surface area (Å²) in [5, 5.41) is 2.92. The van der Waals surface area contributed by atoms with E-state index < -0.39 is 10.0 Å². The van der Waals surface area contributed by atoms with Crippen LogP contribution in [0.2, 0.25) is 0 Å². The van der Waals surface area contributed by atoms with Gasteiger partial charge >= 0.3 is 0 Å². The third-order valence-electron chi connectivity index (χ3n) is 3.92. The SMILES string of the molecule is CNS(=O)(=O)c1cccc(C(=O)N[C@@H](C)c2cc(C)ccc2C)c1. The molecular weight excluding hydrogens is 324 g/mol. The number of carbonyl (C=O) groups excluding carboxylic acids is 1. The monoisotopic (exact) mass is 346 g/mol. The summed E-state index contributed by atoms with van der Waals surface area (Å²) in [4.78, 5) is 12.5. The Bertz CT molecular complexity index is 860. The Hall–Kier alpha value is -2.18. The van der Waals surface area contributed by atoms with Crippen molar-refractivity contribution in [2.24, 2.45) is 0 Å². The summed E-state index contributed by atoms with van der Waals surface area (Å²) in [6.07, 6.45) is 0. The molecule has 24 heavy (non-hydrogen) atoms. The number of rotatable bonds is 5. The number of nitrogens with one attached hydrogen (secondary N) is 2. The first-order valence-corrected chi connectivity index (χ1v) is 9.14. The van der Waals surface area contributed by atoms with Crippen LogP contribution in [0.4, 0.5) is 0 Å². The van der Waals surface area contributed by atoms with Crippen LogP contribution in [0.15, 0.2) is 47.4 Å². The van der Waals surface area contributed by atoms with Gasteiger partial charge in [-0.15, -0.1) is 0 Å². The molecule has 6 heteroatoms. The molecule has 1 atom stereocenters. The van der Waals surface area contributed by atoms with Crippen molar-refractivity contribution in [3.63, 3.8) is 0 Å². The Morgan fingerprint density at radius 2 is 1.79 bits per heavy atom. The highest BCUT2D eigenvalue weighted by molar-refractivity contribution is 7.89. The minimum atomic E-state index is -3.58. The Balaban J connectivity index is 2.24. The second-order valence-electron chi connectivity index (χ2n) is 5.79. The van der Waals surface area contributed by atoms with E-state index >= 15 is 0 Å². The summed E-state index contributed by atoms with van der Waals surface area (Å²) >= 11 is 0. The Morgan fingerprint density at radius 1 is 1.08 bits per heavy atom. The van der Waals surface area contributed by atoms with Crippen molar-refractivity contribution in [3.05, 3.63) is 64.7 Å². The summed E-state index contributed by atoms with van der Waals surface area (Å²) in [7, 11) is -2.24. The fourth-order valence-corrected chi connectivity index (χ4v) is 3.28. The van der Waals surface area contributed by atoms with Crippen LogP contribution in [0.25, 0.3) is 0 Å². The normalized spacial score (nSPS) is 12.7. The second kappa shape index (κ2) is 7.15. The first kappa shape index (κ1) is 18.2. The van der Waals surface area contributed by atoms with E-state index in [0.29, 0.717) is 5.56 Å². The molecule has 0 radical (unpaired) electrons. The number of sulfonamides is 1. The van der Waals surface area contributed by atoms with Crippen LogP contribution >= 0.6 is 0 Å². The molecule has 2 rings (SSSR count). The predicted molar refractivity (Wildman–Crippen MR) is 94.5 cm³/mol. The lowest BCUT2D eigenvalue weighted by molar-refractivity contribution is 0.0939. The first-order chi connectivity index (χ1) is 11.2. The van der Waals surface area contributed by atoms with Crippen LogP contribution in [0.5, 0.6) is 0 Å². The van der Waals surface area contributed by atoms with Crippen LogP contribution in [0.1, 0.15) is 40.0 Å². The lowest BCUT2D eigenvalue weighted by Crippen LogP contribution is -2.27. The maximum atomic E-state index is 12.5. The maximum absolute atomic E-state index is 12.5. The molecule has 5 nitrogen and oxygen atoms in total. The maximum Gasteiger partial charge on any atom is 0.251 e. The van der Waals surface area contributed by atoms with E-state index in [0.717, 1.165) is 16.7 Å². The van der Waals surface area contributed by atoms with Crippen LogP contribution in [0, 0.1) is 13.8 Å². The zero-order valence-corrected chi connectivity index (χ0v) is 15.1. The Kier molecular flexibility index (Phi) is 5.41. The molecule has 0 aliphatic carbocycles. The average molecular weight is 346 g/mol. The highest BCUT2D eigenvalue weighted by Crippen LogP contribution is 2.20. The standard InChI is InChI=1S/C18H22N2O3S/c1-12-8-9-13(2)17(10-12)14(3)20-18(21)15-6-5-7-16(11-15)24(22,23)19-4/h5-11,14,19H,1-4H3,(H,20,21)/t14-/m0/s1. The van der Waals surface area contributed by atoms with Gasteiger partial charge in [0.05, 0.1) is 10.9 Å². The Morgan fingerprint density at radius 3 is 2.46 bits per heavy atom. The zero-order valence-electron chi connectivity index (χ0n) is 14.3. The topological polar surface area (TPSA) is 75.3 Å². The zero-order chi connectivity index (χ0) is 17.9. The van der Waals surface area contributed by atoms with Gasteiger partial charge in [0.1, 0.15) is 0 Å². The number of aryl methyl sites for hydroxylation is 2. The number of hydrogen-bond donors (Lipinski definition) is 2. The molecule has 0 aliphatic rings. The summed E-state index contributed by atoms with van der Waals surface area (Å²) in [5.41, 5.74) is 3.57. The highest BCUT2D eigenvalue weighted by atomic mass is 32.2. The molecular formula is C18H22N2O3S. The minimum absolute atomic E-state index is 0.0667. The summed E-state index contributed by atoms with van der Waals surface area (Å²) in [6, 6.07) is 11.9. The minimum Gasteiger partial charge on any atom is -0.346 e. The number of hydrogen-bond acceptors (Lipinski definition) is 3. The number of amides is 1. The predicted octanol–water partition coefficient (Wildman–Crippen LogP) is 2.70. The van der Waals surface area contributed by atoms with Crippen molar-refractivity contribution in [3.8, 4) is 0 Å². The van der Waals surface area contributed by atoms with Crippen molar-refractivity contribution >= 4 is 15.9 Å². The molecule has 2 aromatic carbocycles. The van der Waals surface area contributed by atoms with Crippen LogP contribution < -0.4 is 10.0 Å². The molecule has 1 amide bonds. The average Bonchev–Trinajstić information content (AvgIpc) is 2.57. The van der Waals surface area contributed by atoms with Gasteiger partial charge in [-0.3, -0.25) is 4.79 Å². The van der Waals surface area contributed by atoms with Crippen LogP contribution in [-0.2, 0) is 10.0 Å². The highest BCUT2D eigenvalue weighted by Gasteiger charge is 2.17. The largest absolute Gasteiger partial charge is 0.346 e. The molecule has 0 heterocycles. The van der Waals surface area contributed by atoms with E-state index in [2.05, 4.69) is 10.0 Å². The molecule has 2 N–H and O–H groups in total. The fraction of sp³-hybridized carbons (Fsp3) is 0.278. The van der Waals surface area contributed by atoms with E-state index in [1.54, 1.807) is 12.1 Å². The number of carbonyl (C=O) groups is 1. The van der Waals surface area contributed by atoms with Gasteiger partial charge < -0.3 is 5.32 Å². The van der Waals surface area contributed by atoms with Gasteiger partial charge in [0.2, 0.25) is 10.0 Å². The van der Waals surface area contributed by atoms with Gasteiger partial charge in [-0.05, 0) is 57.1 Å². The van der Waals surface area contributed by atoms with Crippen molar-refractivity contribution in [2.75, 3.05) is 7.05 Å². The molecule has 0 fully saturated rings. The van der Waals surface area contributed by atoms with Crippen LogP contribution in [0.3, 0.4) is 0 Å². The van der Waals surface area contributed by atoms with Gasteiger partial charge in [0, 0.05) is 5.56 Å². The summed E-state index contributed by atoms with van der Waals surface area (Å²) in [6.45, 7) is 5.91. The molecule has 0 spiro atoms. The lowest BCUT2D eigenvalue weighted by atomic mass is 10.00. The molecule has 0 saturated heterocycles. The third kappa shape index (κ3) is 4.01. The molecule has 0 bridgehead atoms. The van der Waals surface area contributed by atoms with Crippen molar-refractivity contribution in [1.29, 1.82) is 0 Å². The smallest absolute Gasteiger partial charge is 0.251 e. The molecule has 0 aliphatic heterocycles. The van der Waals surface area contributed by atoms with E-state index in [9.17, 15) is 13.2 Å². The van der Waals surface area contributed by atoms with Gasteiger partial charge in [-0.2, -0.15) is 0 Å². The summed E-state index contributed by atoms with van der Waals surface area (Å²) in [5.74, 6) is -0.309. The van der Waals surface area contributed by atoms with Gasteiger partial charge in [-0.1, -0.05) is 29.8 Å². The van der Waals surface area contributed by atoms with Crippen molar-refractivity contribution in [2.45, 2.75) is 31.7 Å². The van der Waals surface area contributed by atoms with E-state index in [1.807, 2.05) is 39.0 Å². The lowest BCUT2D eigenvalue weighted by Gasteiger charge is -2.17. The fourth-order valence-electron chi connectivity index (χ4n) is 2.51.